The molecule has 3 aromatic carbocycles. The lowest BCUT2D eigenvalue weighted by Crippen LogP contribution is -2.42. The zero-order chi connectivity index (χ0) is 21.3. The zero-order valence-corrected chi connectivity index (χ0v) is 18.5. The van der Waals surface area contributed by atoms with Crippen molar-refractivity contribution in [1.82, 2.24) is 4.98 Å². The number of aromatic nitrogens is 1. The number of anilines is 1. The molecule has 1 N–H and O–H groups in total. The molecule has 1 heterocycles. The monoisotopic (exact) mass is 464 g/mol. The fourth-order valence-corrected chi connectivity index (χ4v) is 3.37. The number of carbonyl (C=O) groups excluding carboxylic acids is 1. The highest BCUT2D eigenvalue weighted by molar-refractivity contribution is 9.10. The predicted molar refractivity (Wildman–Crippen MR) is 122 cm³/mol. The minimum atomic E-state index is -1.06. The minimum absolute atomic E-state index is 0.247. The standard InChI is InChI=1S/C24H21BrN2O3/c1-15-18(22-26-20-8-4-5-10-21(20)29-22)7-6-9-19(15)27-23(28)24(2,3)30-17-13-11-16(25)12-14-17/h4-14H,1-3H3,(H,27,28). The van der Waals surface area contributed by atoms with Crippen LogP contribution in [0.1, 0.15) is 19.4 Å². The highest BCUT2D eigenvalue weighted by Gasteiger charge is 2.30. The van der Waals surface area contributed by atoms with Gasteiger partial charge in [0.2, 0.25) is 5.89 Å². The molecule has 30 heavy (non-hydrogen) atoms. The van der Waals surface area contributed by atoms with Crippen molar-refractivity contribution in [2.75, 3.05) is 5.32 Å². The molecule has 0 aliphatic carbocycles. The first-order chi connectivity index (χ1) is 14.3. The summed E-state index contributed by atoms with van der Waals surface area (Å²) in [6, 6.07) is 20.7. The van der Waals surface area contributed by atoms with Gasteiger partial charge in [0.05, 0.1) is 0 Å². The van der Waals surface area contributed by atoms with E-state index in [2.05, 4.69) is 26.2 Å². The Bertz CT molecular complexity index is 1180. The Morgan fingerprint density at radius 2 is 1.77 bits per heavy atom. The van der Waals surface area contributed by atoms with Crippen LogP contribution in [0.3, 0.4) is 0 Å². The summed E-state index contributed by atoms with van der Waals surface area (Å²) in [6.45, 7) is 5.41. The number of hydrogen-bond acceptors (Lipinski definition) is 4. The molecule has 1 amide bonds. The van der Waals surface area contributed by atoms with E-state index >= 15 is 0 Å². The maximum Gasteiger partial charge on any atom is 0.267 e. The molecule has 0 saturated heterocycles. The molecular weight excluding hydrogens is 444 g/mol. The summed E-state index contributed by atoms with van der Waals surface area (Å²) in [5, 5.41) is 2.98. The Labute approximate surface area is 183 Å². The molecule has 0 fully saturated rings. The molecule has 1 aromatic heterocycles. The van der Waals surface area contributed by atoms with E-state index in [0.717, 1.165) is 26.7 Å². The molecule has 0 radical (unpaired) electrons. The van der Waals surface area contributed by atoms with Crippen LogP contribution in [0.25, 0.3) is 22.6 Å². The summed E-state index contributed by atoms with van der Waals surface area (Å²) < 4.78 is 12.8. The number of amides is 1. The van der Waals surface area contributed by atoms with Crippen molar-refractivity contribution in [2.24, 2.45) is 0 Å². The number of nitrogens with one attached hydrogen (secondary N) is 1. The number of benzene rings is 3. The molecule has 0 aliphatic rings. The molecule has 6 heteroatoms. The summed E-state index contributed by atoms with van der Waals surface area (Å²) in [7, 11) is 0. The molecule has 0 saturated carbocycles. The van der Waals surface area contributed by atoms with E-state index in [1.54, 1.807) is 13.8 Å². The van der Waals surface area contributed by atoms with Gasteiger partial charge in [-0.3, -0.25) is 4.79 Å². The fourth-order valence-electron chi connectivity index (χ4n) is 3.11. The summed E-state index contributed by atoms with van der Waals surface area (Å²) >= 11 is 3.40. The SMILES string of the molecule is Cc1c(NC(=O)C(C)(C)Oc2ccc(Br)cc2)cccc1-c1nc2ccccc2o1. The van der Waals surface area contributed by atoms with E-state index < -0.39 is 5.60 Å². The van der Waals surface area contributed by atoms with Crippen molar-refractivity contribution >= 4 is 38.6 Å². The van der Waals surface area contributed by atoms with Crippen molar-refractivity contribution in [2.45, 2.75) is 26.4 Å². The Kier molecular flexibility index (Phi) is 5.35. The normalized spacial score (nSPS) is 11.5. The third-order valence-corrected chi connectivity index (χ3v) is 5.37. The number of para-hydroxylation sites is 2. The second-order valence-corrected chi connectivity index (χ2v) is 8.40. The van der Waals surface area contributed by atoms with Crippen LogP contribution < -0.4 is 10.1 Å². The molecule has 0 aliphatic heterocycles. The summed E-state index contributed by atoms with van der Waals surface area (Å²) in [4.78, 5) is 17.5. The first-order valence-corrected chi connectivity index (χ1v) is 10.3. The van der Waals surface area contributed by atoms with E-state index in [4.69, 9.17) is 9.15 Å². The number of hydrogen-bond donors (Lipinski definition) is 1. The third-order valence-electron chi connectivity index (χ3n) is 4.84. The molecule has 0 bridgehead atoms. The van der Waals surface area contributed by atoms with Gasteiger partial charge in [-0.1, -0.05) is 34.1 Å². The summed E-state index contributed by atoms with van der Waals surface area (Å²) in [5.74, 6) is 0.897. The average molecular weight is 465 g/mol. The lowest BCUT2D eigenvalue weighted by molar-refractivity contribution is -0.128. The van der Waals surface area contributed by atoms with Gasteiger partial charge in [0, 0.05) is 15.7 Å². The predicted octanol–water partition coefficient (Wildman–Crippen LogP) is 6.36. The molecule has 5 nitrogen and oxygen atoms in total. The Morgan fingerprint density at radius 1 is 1.03 bits per heavy atom. The second kappa shape index (κ2) is 7.95. The maximum absolute atomic E-state index is 13.0. The number of halogens is 1. The minimum Gasteiger partial charge on any atom is -0.478 e. The van der Waals surface area contributed by atoms with Gasteiger partial charge in [-0.15, -0.1) is 0 Å². The topological polar surface area (TPSA) is 64.4 Å². The van der Waals surface area contributed by atoms with Gasteiger partial charge in [-0.05, 0) is 74.9 Å². The molecule has 4 rings (SSSR count). The zero-order valence-electron chi connectivity index (χ0n) is 16.9. The van der Waals surface area contributed by atoms with Gasteiger partial charge in [-0.25, -0.2) is 4.98 Å². The van der Waals surface area contributed by atoms with E-state index in [0.29, 0.717) is 17.3 Å². The maximum atomic E-state index is 13.0. The van der Waals surface area contributed by atoms with Gasteiger partial charge < -0.3 is 14.5 Å². The average Bonchev–Trinajstić information content (AvgIpc) is 3.15. The van der Waals surface area contributed by atoms with Crippen LogP contribution in [0.4, 0.5) is 5.69 Å². The Morgan fingerprint density at radius 3 is 2.50 bits per heavy atom. The fraction of sp³-hybridized carbons (Fsp3) is 0.167. The van der Waals surface area contributed by atoms with E-state index in [1.807, 2.05) is 73.7 Å². The van der Waals surface area contributed by atoms with Crippen molar-refractivity contribution in [1.29, 1.82) is 0 Å². The first kappa shape index (κ1) is 20.2. The second-order valence-electron chi connectivity index (χ2n) is 7.49. The smallest absolute Gasteiger partial charge is 0.267 e. The van der Waals surface area contributed by atoms with Crippen molar-refractivity contribution < 1.29 is 13.9 Å². The van der Waals surface area contributed by atoms with Gasteiger partial charge in [0.1, 0.15) is 11.3 Å². The van der Waals surface area contributed by atoms with Gasteiger partial charge in [-0.2, -0.15) is 0 Å². The van der Waals surface area contributed by atoms with Crippen LogP contribution >= 0.6 is 15.9 Å². The number of ether oxygens (including phenoxy) is 1. The number of carbonyl (C=O) groups is 1. The molecule has 0 unspecified atom stereocenters. The van der Waals surface area contributed by atoms with Crippen LogP contribution in [0.15, 0.2) is 75.6 Å². The van der Waals surface area contributed by atoms with E-state index in [9.17, 15) is 4.79 Å². The van der Waals surface area contributed by atoms with Gasteiger partial charge in [0.25, 0.3) is 5.91 Å². The van der Waals surface area contributed by atoms with E-state index in [1.165, 1.54) is 0 Å². The number of rotatable bonds is 5. The van der Waals surface area contributed by atoms with Crippen molar-refractivity contribution in [3.8, 4) is 17.2 Å². The number of fused-ring (bicyclic) bond motifs is 1. The number of nitrogens with zero attached hydrogens (tertiary/aromatic N) is 1. The van der Waals surface area contributed by atoms with Gasteiger partial charge >= 0.3 is 0 Å². The quantitative estimate of drug-likeness (QED) is 0.373. The lowest BCUT2D eigenvalue weighted by Gasteiger charge is -2.26. The Hall–Kier alpha value is -3.12. The number of oxazole rings is 1. The van der Waals surface area contributed by atoms with Crippen LogP contribution in [0.5, 0.6) is 5.75 Å². The van der Waals surface area contributed by atoms with Gasteiger partial charge in [0.15, 0.2) is 11.2 Å². The summed E-state index contributed by atoms with van der Waals surface area (Å²) in [6.07, 6.45) is 0. The molecule has 4 aromatic rings. The molecular formula is C24H21BrN2O3. The highest BCUT2D eigenvalue weighted by Crippen LogP contribution is 2.31. The van der Waals surface area contributed by atoms with Crippen LogP contribution in [-0.4, -0.2) is 16.5 Å². The van der Waals surface area contributed by atoms with E-state index in [-0.39, 0.29) is 5.91 Å². The first-order valence-electron chi connectivity index (χ1n) is 9.55. The summed E-state index contributed by atoms with van der Waals surface area (Å²) in [5.41, 5.74) is 2.85. The molecule has 0 atom stereocenters. The molecule has 152 valence electrons. The van der Waals surface area contributed by atoms with Crippen LogP contribution in [0, 0.1) is 6.92 Å². The van der Waals surface area contributed by atoms with Crippen LogP contribution in [0.2, 0.25) is 0 Å². The molecule has 0 spiro atoms. The largest absolute Gasteiger partial charge is 0.478 e. The van der Waals surface area contributed by atoms with Crippen molar-refractivity contribution in [3.05, 3.63) is 76.8 Å². The highest BCUT2D eigenvalue weighted by atomic mass is 79.9. The Balaban J connectivity index is 1.57. The lowest BCUT2D eigenvalue weighted by atomic mass is 10.0. The van der Waals surface area contributed by atoms with Crippen LogP contribution in [-0.2, 0) is 4.79 Å². The van der Waals surface area contributed by atoms with Crippen molar-refractivity contribution in [3.63, 3.8) is 0 Å². The third kappa shape index (κ3) is 4.09.